The van der Waals surface area contributed by atoms with Crippen molar-refractivity contribution >= 4 is 34.8 Å². The van der Waals surface area contributed by atoms with Crippen molar-refractivity contribution in [3.8, 4) is 11.5 Å². The van der Waals surface area contributed by atoms with E-state index < -0.39 is 0 Å². The van der Waals surface area contributed by atoms with Crippen molar-refractivity contribution in [1.29, 1.82) is 0 Å². The number of hydrogen-bond donors (Lipinski definition) is 1. The monoisotopic (exact) mass is 317 g/mol. The number of benzene rings is 2. The molecule has 1 aromatic heterocycles. The van der Waals surface area contributed by atoms with Crippen LogP contribution in [0.25, 0.3) is 10.9 Å². The highest BCUT2D eigenvalue weighted by atomic mass is 35.5. The number of ether oxygens (including phenoxy) is 2. The van der Waals surface area contributed by atoms with Crippen LogP contribution in [0.1, 0.15) is 0 Å². The number of hydrogen-bond acceptors (Lipinski definition) is 5. The van der Waals surface area contributed by atoms with Crippen molar-refractivity contribution in [3.63, 3.8) is 0 Å². The molecule has 0 aliphatic carbocycles. The molecule has 114 valence electrons. The van der Waals surface area contributed by atoms with Gasteiger partial charge in [0.1, 0.15) is 23.6 Å². The van der Waals surface area contributed by atoms with Crippen LogP contribution < -0.4 is 14.8 Å². The third-order valence-electron chi connectivity index (χ3n) is 3.20. The fourth-order valence-corrected chi connectivity index (χ4v) is 2.07. The van der Waals surface area contributed by atoms with Crippen LogP contribution in [-0.4, -0.2) is 24.2 Å². The smallest absolute Gasteiger partial charge is 0.141 e. The van der Waals surface area contributed by atoms with Gasteiger partial charge in [0.15, 0.2) is 0 Å². The zero-order valence-corrected chi connectivity index (χ0v) is 13.1. The highest BCUT2D eigenvalue weighted by Gasteiger charge is 2.05. The van der Waals surface area contributed by atoms with Crippen LogP contribution in [0.4, 0.5) is 11.5 Å². The second-order valence-electron chi connectivity index (χ2n) is 4.46. The lowest BCUT2D eigenvalue weighted by molar-refractivity contribution is 0.415. The van der Waals surface area contributed by atoms with Crippen molar-refractivity contribution in [2.45, 2.75) is 0 Å². The lowest BCUT2D eigenvalue weighted by Crippen LogP contribution is -1.96. The minimum atomic E-state index is 0. The molecular formula is C16H16ClN3O2. The summed E-state index contributed by atoms with van der Waals surface area (Å²) in [6, 6.07) is 13.4. The van der Waals surface area contributed by atoms with E-state index in [1.165, 1.54) is 0 Å². The average molecular weight is 318 g/mol. The maximum Gasteiger partial charge on any atom is 0.141 e. The van der Waals surface area contributed by atoms with E-state index in [0.29, 0.717) is 0 Å². The molecule has 1 N–H and O–H groups in total. The number of halogens is 1. The number of rotatable bonds is 4. The zero-order valence-electron chi connectivity index (χ0n) is 12.2. The summed E-state index contributed by atoms with van der Waals surface area (Å²) >= 11 is 0. The maximum absolute atomic E-state index is 5.26. The summed E-state index contributed by atoms with van der Waals surface area (Å²) in [4.78, 5) is 8.57. The lowest BCUT2D eigenvalue weighted by atomic mass is 10.2. The van der Waals surface area contributed by atoms with Crippen LogP contribution in [0.5, 0.6) is 11.5 Å². The topological polar surface area (TPSA) is 56.3 Å². The molecular weight excluding hydrogens is 302 g/mol. The van der Waals surface area contributed by atoms with Crippen molar-refractivity contribution in [1.82, 2.24) is 9.97 Å². The van der Waals surface area contributed by atoms with Gasteiger partial charge in [-0.25, -0.2) is 9.97 Å². The van der Waals surface area contributed by atoms with E-state index in [1.54, 1.807) is 20.5 Å². The van der Waals surface area contributed by atoms with Gasteiger partial charge in [0.05, 0.1) is 19.7 Å². The first kappa shape index (κ1) is 15.9. The Morgan fingerprint density at radius 3 is 2.23 bits per heavy atom. The summed E-state index contributed by atoms with van der Waals surface area (Å²) in [5.74, 6) is 2.33. The maximum atomic E-state index is 5.26. The van der Waals surface area contributed by atoms with E-state index >= 15 is 0 Å². The molecule has 0 unspecified atom stereocenters. The number of fused-ring (bicyclic) bond motifs is 1. The van der Waals surface area contributed by atoms with E-state index in [1.807, 2.05) is 42.5 Å². The second kappa shape index (κ2) is 6.95. The molecule has 0 fully saturated rings. The van der Waals surface area contributed by atoms with Gasteiger partial charge in [-0.1, -0.05) is 0 Å². The van der Waals surface area contributed by atoms with Crippen LogP contribution in [0.3, 0.4) is 0 Å². The molecule has 0 atom stereocenters. The standard InChI is InChI=1S/C16H15N3O2.ClH/c1-20-12-5-3-11(4-6-12)19-16-14-9-13(21-2)7-8-15(14)17-10-18-16;/h3-10H,1-2H3,(H,17,18,19);1H. The summed E-state index contributed by atoms with van der Waals surface area (Å²) in [5.41, 5.74) is 1.79. The van der Waals surface area contributed by atoms with Gasteiger partial charge < -0.3 is 14.8 Å². The number of anilines is 2. The summed E-state index contributed by atoms with van der Waals surface area (Å²) in [7, 11) is 3.29. The average Bonchev–Trinajstić information content (AvgIpc) is 2.55. The number of methoxy groups -OCH3 is 2. The normalized spacial score (nSPS) is 9.91. The minimum Gasteiger partial charge on any atom is -0.497 e. The highest BCUT2D eigenvalue weighted by molar-refractivity contribution is 5.91. The summed E-state index contributed by atoms with van der Waals surface area (Å²) in [6.07, 6.45) is 1.54. The number of nitrogens with one attached hydrogen (secondary N) is 1. The van der Waals surface area contributed by atoms with Crippen molar-refractivity contribution in [2.24, 2.45) is 0 Å². The fraction of sp³-hybridized carbons (Fsp3) is 0.125. The number of nitrogens with zero attached hydrogens (tertiary/aromatic N) is 2. The quantitative estimate of drug-likeness (QED) is 0.793. The van der Waals surface area contributed by atoms with Crippen LogP contribution >= 0.6 is 12.4 Å². The van der Waals surface area contributed by atoms with Crippen molar-refractivity contribution < 1.29 is 9.47 Å². The van der Waals surface area contributed by atoms with Gasteiger partial charge in [-0.3, -0.25) is 0 Å². The van der Waals surface area contributed by atoms with Crippen LogP contribution in [0.2, 0.25) is 0 Å². The molecule has 0 bridgehead atoms. The van der Waals surface area contributed by atoms with Crippen LogP contribution in [-0.2, 0) is 0 Å². The third-order valence-corrected chi connectivity index (χ3v) is 3.20. The molecule has 6 heteroatoms. The predicted octanol–water partition coefficient (Wildman–Crippen LogP) is 3.81. The van der Waals surface area contributed by atoms with E-state index in [0.717, 1.165) is 33.9 Å². The zero-order chi connectivity index (χ0) is 14.7. The van der Waals surface area contributed by atoms with E-state index in [4.69, 9.17) is 9.47 Å². The Balaban J connectivity index is 0.00000176. The molecule has 2 aromatic carbocycles. The molecule has 5 nitrogen and oxygen atoms in total. The molecule has 0 aliphatic heterocycles. The highest BCUT2D eigenvalue weighted by Crippen LogP contribution is 2.27. The molecule has 0 saturated heterocycles. The molecule has 0 aliphatic rings. The lowest BCUT2D eigenvalue weighted by Gasteiger charge is -2.10. The molecule has 0 saturated carbocycles. The fourth-order valence-electron chi connectivity index (χ4n) is 2.07. The second-order valence-corrected chi connectivity index (χ2v) is 4.46. The van der Waals surface area contributed by atoms with Crippen molar-refractivity contribution in [3.05, 3.63) is 48.8 Å². The Kier molecular flexibility index (Phi) is 5.01. The molecule has 1 heterocycles. The van der Waals surface area contributed by atoms with Gasteiger partial charge in [-0.2, -0.15) is 0 Å². The van der Waals surface area contributed by atoms with Gasteiger partial charge >= 0.3 is 0 Å². The van der Waals surface area contributed by atoms with Crippen LogP contribution in [0, 0.1) is 0 Å². The summed E-state index contributed by atoms with van der Waals surface area (Å²) < 4.78 is 10.4. The Morgan fingerprint density at radius 2 is 1.55 bits per heavy atom. The number of aromatic nitrogens is 2. The summed E-state index contributed by atoms with van der Waals surface area (Å²) in [6.45, 7) is 0. The molecule has 0 amide bonds. The Hall–Kier alpha value is -2.53. The van der Waals surface area contributed by atoms with Crippen LogP contribution in [0.15, 0.2) is 48.8 Å². The van der Waals surface area contributed by atoms with Gasteiger partial charge in [-0.15, -0.1) is 12.4 Å². The van der Waals surface area contributed by atoms with Gasteiger partial charge in [0.25, 0.3) is 0 Å². The Bertz CT molecular complexity index is 763. The molecule has 0 spiro atoms. The first-order chi connectivity index (χ1) is 10.3. The summed E-state index contributed by atoms with van der Waals surface area (Å²) in [5, 5.41) is 4.20. The Morgan fingerprint density at radius 1 is 0.864 bits per heavy atom. The van der Waals surface area contributed by atoms with E-state index in [-0.39, 0.29) is 12.4 Å². The molecule has 3 aromatic rings. The molecule has 3 rings (SSSR count). The Labute approximate surface area is 134 Å². The SMILES string of the molecule is COc1ccc(Nc2ncnc3ccc(OC)cc23)cc1.Cl. The largest absolute Gasteiger partial charge is 0.497 e. The molecule has 0 radical (unpaired) electrons. The first-order valence-electron chi connectivity index (χ1n) is 6.50. The van der Waals surface area contributed by atoms with Gasteiger partial charge in [-0.05, 0) is 42.5 Å². The van der Waals surface area contributed by atoms with E-state index in [2.05, 4.69) is 15.3 Å². The third kappa shape index (κ3) is 3.20. The van der Waals surface area contributed by atoms with E-state index in [9.17, 15) is 0 Å². The van der Waals surface area contributed by atoms with Gasteiger partial charge in [0.2, 0.25) is 0 Å². The van der Waals surface area contributed by atoms with Crippen molar-refractivity contribution in [2.75, 3.05) is 19.5 Å². The minimum absolute atomic E-state index is 0. The van der Waals surface area contributed by atoms with Gasteiger partial charge in [0, 0.05) is 11.1 Å². The first-order valence-corrected chi connectivity index (χ1v) is 6.50. The predicted molar refractivity (Wildman–Crippen MR) is 89.6 cm³/mol. The molecule has 22 heavy (non-hydrogen) atoms.